The second-order valence-electron chi connectivity index (χ2n) is 5.71. The predicted molar refractivity (Wildman–Crippen MR) is 75.5 cm³/mol. The number of hydrogen-bond acceptors (Lipinski definition) is 2. The van der Waals surface area contributed by atoms with Crippen LogP contribution in [0.15, 0.2) is 12.4 Å². The fraction of sp³-hybridized carbons (Fsp3) is 0.800. The summed E-state index contributed by atoms with van der Waals surface area (Å²) in [4.78, 5) is 4.44. The van der Waals surface area contributed by atoms with E-state index in [0.29, 0.717) is 0 Å². The molecule has 2 rings (SSSR count). The van der Waals surface area contributed by atoms with Gasteiger partial charge in [0.05, 0.1) is 0 Å². The molecule has 0 amide bonds. The number of hydrogen-bond donors (Lipinski definition) is 1. The Morgan fingerprint density at radius 1 is 1.28 bits per heavy atom. The molecule has 1 fully saturated rings. The van der Waals surface area contributed by atoms with Gasteiger partial charge in [-0.1, -0.05) is 25.7 Å². The summed E-state index contributed by atoms with van der Waals surface area (Å²) in [6.45, 7) is 1.19. The molecule has 1 aromatic heterocycles. The quantitative estimate of drug-likeness (QED) is 0.813. The van der Waals surface area contributed by atoms with Gasteiger partial charge in [0, 0.05) is 25.9 Å². The molecule has 1 aromatic rings. The maximum atomic E-state index is 4.44. The Balaban J connectivity index is 1.90. The van der Waals surface area contributed by atoms with Gasteiger partial charge >= 0.3 is 0 Å². The second kappa shape index (κ2) is 6.93. The highest BCUT2D eigenvalue weighted by atomic mass is 15.0. The van der Waals surface area contributed by atoms with Gasteiger partial charge in [0.1, 0.15) is 5.82 Å². The summed E-state index contributed by atoms with van der Waals surface area (Å²) in [5.41, 5.74) is 0. The molecule has 0 aliphatic heterocycles. The topological polar surface area (TPSA) is 29.9 Å². The molecule has 0 bridgehead atoms. The lowest BCUT2D eigenvalue weighted by Crippen LogP contribution is -2.25. The van der Waals surface area contributed by atoms with Crippen molar-refractivity contribution in [1.82, 2.24) is 14.9 Å². The van der Waals surface area contributed by atoms with Gasteiger partial charge in [-0.05, 0) is 38.3 Å². The number of rotatable bonds is 5. The summed E-state index contributed by atoms with van der Waals surface area (Å²) in [5, 5.41) is 3.38. The van der Waals surface area contributed by atoms with Gasteiger partial charge in [-0.15, -0.1) is 0 Å². The smallest absolute Gasteiger partial charge is 0.108 e. The first kappa shape index (κ1) is 13.6. The van der Waals surface area contributed by atoms with Crippen LogP contribution in [-0.2, 0) is 13.5 Å². The third-order valence-electron chi connectivity index (χ3n) is 4.44. The first-order chi connectivity index (χ1) is 8.81. The SMILES string of the molecule is CNCC1CCCCCC1CCc1nccn1C. The molecule has 0 spiro atoms. The average molecular weight is 249 g/mol. The number of imidazole rings is 1. The van der Waals surface area contributed by atoms with Crippen LogP contribution in [0.25, 0.3) is 0 Å². The molecule has 18 heavy (non-hydrogen) atoms. The third-order valence-corrected chi connectivity index (χ3v) is 4.44. The first-order valence-electron chi connectivity index (χ1n) is 7.42. The number of nitrogens with zero attached hydrogens (tertiary/aromatic N) is 2. The van der Waals surface area contributed by atoms with E-state index in [2.05, 4.69) is 29.0 Å². The molecule has 0 aromatic carbocycles. The third kappa shape index (κ3) is 3.58. The molecule has 0 radical (unpaired) electrons. The highest BCUT2D eigenvalue weighted by molar-refractivity contribution is 4.92. The van der Waals surface area contributed by atoms with Crippen molar-refractivity contribution in [3.05, 3.63) is 18.2 Å². The van der Waals surface area contributed by atoms with E-state index in [1.165, 1.54) is 50.9 Å². The van der Waals surface area contributed by atoms with Crippen LogP contribution in [0.4, 0.5) is 0 Å². The van der Waals surface area contributed by atoms with Crippen molar-refractivity contribution < 1.29 is 0 Å². The molecule has 102 valence electrons. The van der Waals surface area contributed by atoms with E-state index in [1.807, 2.05) is 12.4 Å². The van der Waals surface area contributed by atoms with Gasteiger partial charge in [-0.3, -0.25) is 0 Å². The van der Waals surface area contributed by atoms with E-state index >= 15 is 0 Å². The molecular weight excluding hydrogens is 222 g/mol. The Kier molecular flexibility index (Phi) is 5.24. The van der Waals surface area contributed by atoms with E-state index < -0.39 is 0 Å². The molecule has 0 saturated heterocycles. The molecule has 1 heterocycles. The van der Waals surface area contributed by atoms with E-state index in [-0.39, 0.29) is 0 Å². The maximum Gasteiger partial charge on any atom is 0.108 e. The average Bonchev–Trinajstić information content (AvgIpc) is 2.64. The van der Waals surface area contributed by atoms with Crippen molar-refractivity contribution in [2.24, 2.45) is 18.9 Å². The van der Waals surface area contributed by atoms with Gasteiger partial charge in [0.15, 0.2) is 0 Å². The van der Waals surface area contributed by atoms with Crippen molar-refractivity contribution in [3.8, 4) is 0 Å². The van der Waals surface area contributed by atoms with Gasteiger partial charge in [-0.25, -0.2) is 4.98 Å². The molecule has 2 atom stereocenters. The Labute approximate surface area is 111 Å². The minimum absolute atomic E-state index is 0.873. The molecule has 1 N–H and O–H groups in total. The molecule has 2 unspecified atom stereocenters. The van der Waals surface area contributed by atoms with E-state index in [9.17, 15) is 0 Å². The van der Waals surface area contributed by atoms with Crippen molar-refractivity contribution in [1.29, 1.82) is 0 Å². The maximum absolute atomic E-state index is 4.44. The monoisotopic (exact) mass is 249 g/mol. The summed E-state index contributed by atoms with van der Waals surface area (Å²) in [5.74, 6) is 3.00. The van der Waals surface area contributed by atoms with Crippen LogP contribution >= 0.6 is 0 Å². The van der Waals surface area contributed by atoms with Gasteiger partial charge < -0.3 is 9.88 Å². The minimum Gasteiger partial charge on any atom is -0.338 e. The normalized spacial score (nSPS) is 25.0. The highest BCUT2D eigenvalue weighted by Gasteiger charge is 2.23. The fourth-order valence-electron chi connectivity index (χ4n) is 3.32. The van der Waals surface area contributed by atoms with Crippen molar-refractivity contribution in [2.75, 3.05) is 13.6 Å². The van der Waals surface area contributed by atoms with Gasteiger partial charge in [0.25, 0.3) is 0 Å². The molecule has 1 aliphatic rings. The molecule has 3 nitrogen and oxygen atoms in total. The molecule has 1 saturated carbocycles. The van der Waals surface area contributed by atoms with Gasteiger partial charge in [-0.2, -0.15) is 0 Å². The van der Waals surface area contributed by atoms with E-state index in [1.54, 1.807) is 0 Å². The highest BCUT2D eigenvalue weighted by Crippen LogP contribution is 2.31. The van der Waals surface area contributed by atoms with Crippen LogP contribution in [0.3, 0.4) is 0 Å². The zero-order valence-electron chi connectivity index (χ0n) is 11.9. The molecule has 1 aliphatic carbocycles. The number of nitrogens with one attached hydrogen (secondary N) is 1. The summed E-state index contributed by atoms with van der Waals surface area (Å²) in [6, 6.07) is 0. The van der Waals surface area contributed by atoms with Crippen molar-refractivity contribution in [2.45, 2.75) is 44.9 Å². The zero-order chi connectivity index (χ0) is 12.8. The second-order valence-corrected chi connectivity index (χ2v) is 5.71. The molecular formula is C15H27N3. The van der Waals surface area contributed by atoms with Crippen LogP contribution in [0.2, 0.25) is 0 Å². The lowest BCUT2D eigenvalue weighted by Gasteiger charge is -2.24. The minimum atomic E-state index is 0.873. The lowest BCUT2D eigenvalue weighted by atomic mass is 9.84. The summed E-state index contributed by atoms with van der Waals surface area (Å²) in [6.07, 6.45) is 13.5. The number of aromatic nitrogens is 2. The summed E-state index contributed by atoms with van der Waals surface area (Å²) >= 11 is 0. The van der Waals surface area contributed by atoms with Crippen molar-refractivity contribution in [3.63, 3.8) is 0 Å². The van der Waals surface area contributed by atoms with Crippen LogP contribution in [-0.4, -0.2) is 23.1 Å². The number of aryl methyl sites for hydroxylation is 2. The van der Waals surface area contributed by atoms with E-state index in [0.717, 1.165) is 18.3 Å². The van der Waals surface area contributed by atoms with Crippen LogP contribution < -0.4 is 5.32 Å². The van der Waals surface area contributed by atoms with Crippen molar-refractivity contribution >= 4 is 0 Å². The van der Waals surface area contributed by atoms with Crippen LogP contribution in [0.5, 0.6) is 0 Å². The zero-order valence-corrected chi connectivity index (χ0v) is 11.9. The van der Waals surface area contributed by atoms with Crippen LogP contribution in [0, 0.1) is 11.8 Å². The fourth-order valence-corrected chi connectivity index (χ4v) is 3.32. The summed E-state index contributed by atoms with van der Waals surface area (Å²) < 4.78 is 2.16. The van der Waals surface area contributed by atoms with Crippen LogP contribution in [0.1, 0.15) is 44.3 Å². The predicted octanol–water partition coefficient (Wildman–Crippen LogP) is 2.77. The summed E-state index contributed by atoms with van der Waals surface area (Å²) in [7, 11) is 4.18. The first-order valence-corrected chi connectivity index (χ1v) is 7.42. The Morgan fingerprint density at radius 2 is 2.06 bits per heavy atom. The Morgan fingerprint density at radius 3 is 2.72 bits per heavy atom. The largest absolute Gasteiger partial charge is 0.338 e. The Bertz CT molecular complexity index is 345. The van der Waals surface area contributed by atoms with E-state index in [4.69, 9.17) is 0 Å². The molecule has 3 heteroatoms. The standard InChI is InChI=1S/C15H27N3/c1-16-12-14-7-5-3-4-6-13(14)8-9-15-17-10-11-18(15)2/h10-11,13-14,16H,3-9,12H2,1-2H3. The Hall–Kier alpha value is -0.830. The lowest BCUT2D eigenvalue weighted by molar-refractivity contribution is 0.287. The van der Waals surface area contributed by atoms with Gasteiger partial charge in [0.2, 0.25) is 0 Å².